The highest BCUT2D eigenvalue weighted by molar-refractivity contribution is 5.38. The molecule has 2 aromatic rings. The van der Waals surface area contributed by atoms with Crippen LogP contribution in [0.5, 0.6) is 0 Å². The van der Waals surface area contributed by atoms with Crippen molar-refractivity contribution in [1.82, 2.24) is 9.97 Å². The van der Waals surface area contributed by atoms with Crippen LogP contribution in [-0.4, -0.2) is 9.97 Å². The maximum atomic E-state index is 12.9. The number of pyridine rings is 2. The van der Waals surface area contributed by atoms with Crippen LogP contribution in [0, 0.1) is 6.07 Å². The molecule has 0 saturated heterocycles. The second kappa shape index (κ2) is 5.22. The SMILES string of the molecule is C=CC(c1ccncc1)c1c[c]cnc1C(F)(F)F. The standard InChI is InChI=1S/C14H10F3N2/c1-2-11(10-5-8-18-9-6-10)12-4-3-7-19-13(12)14(15,16)17/h2,4-9,11H,1H2. The van der Waals surface area contributed by atoms with E-state index in [0.717, 1.165) is 6.20 Å². The van der Waals surface area contributed by atoms with Crippen LogP contribution in [0.15, 0.2) is 49.4 Å². The lowest BCUT2D eigenvalue weighted by molar-refractivity contribution is -0.141. The normalized spacial score (nSPS) is 13.0. The van der Waals surface area contributed by atoms with E-state index in [1.54, 1.807) is 12.1 Å². The van der Waals surface area contributed by atoms with Gasteiger partial charge in [0.05, 0.1) is 0 Å². The van der Waals surface area contributed by atoms with Crippen LogP contribution >= 0.6 is 0 Å². The first-order chi connectivity index (χ1) is 9.04. The summed E-state index contributed by atoms with van der Waals surface area (Å²) >= 11 is 0. The van der Waals surface area contributed by atoms with Crippen LogP contribution < -0.4 is 0 Å². The minimum atomic E-state index is -4.50. The molecule has 0 saturated carbocycles. The molecule has 0 fully saturated rings. The lowest BCUT2D eigenvalue weighted by Gasteiger charge is -2.17. The number of halogens is 3. The third-order valence-corrected chi connectivity index (χ3v) is 2.68. The number of hydrogen-bond donors (Lipinski definition) is 0. The molecule has 0 aromatic carbocycles. The van der Waals surface area contributed by atoms with E-state index < -0.39 is 17.8 Å². The molecule has 0 aliphatic rings. The maximum absolute atomic E-state index is 12.9. The third kappa shape index (κ3) is 2.81. The van der Waals surface area contributed by atoms with Crippen LogP contribution in [0.1, 0.15) is 22.7 Å². The van der Waals surface area contributed by atoms with Crippen molar-refractivity contribution < 1.29 is 13.2 Å². The molecule has 0 amide bonds. The quantitative estimate of drug-likeness (QED) is 0.790. The molecule has 5 heteroatoms. The first-order valence-electron chi connectivity index (χ1n) is 5.49. The molecule has 1 radical (unpaired) electrons. The Morgan fingerprint density at radius 1 is 1.26 bits per heavy atom. The fourth-order valence-corrected chi connectivity index (χ4v) is 1.86. The predicted molar refractivity (Wildman–Crippen MR) is 64.4 cm³/mol. The zero-order valence-corrected chi connectivity index (χ0v) is 9.85. The number of allylic oxidation sites excluding steroid dienone is 1. The molecular weight excluding hydrogens is 253 g/mol. The van der Waals surface area contributed by atoms with E-state index in [2.05, 4.69) is 22.6 Å². The summed E-state index contributed by atoms with van der Waals surface area (Å²) in [6.45, 7) is 3.61. The van der Waals surface area contributed by atoms with Gasteiger partial charge in [0, 0.05) is 30.6 Å². The van der Waals surface area contributed by atoms with Crippen molar-refractivity contribution in [1.29, 1.82) is 0 Å². The van der Waals surface area contributed by atoms with Crippen molar-refractivity contribution in [3.63, 3.8) is 0 Å². The lowest BCUT2D eigenvalue weighted by Crippen LogP contribution is -2.14. The fraction of sp³-hybridized carbons (Fsp3) is 0.143. The minimum absolute atomic E-state index is 0.0381. The minimum Gasteiger partial charge on any atom is -0.265 e. The summed E-state index contributed by atoms with van der Waals surface area (Å²) in [5.74, 6) is -0.593. The van der Waals surface area contributed by atoms with Crippen LogP contribution in [0.4, 0.5) is 13.2 Å². The topological polar surface area (TPSA) is 25.8 Å². The van der Waals surface area contributed by atoms with E-state index in [4.69, 9.17) is 0 Å². The van der Waals surface area contributed by atoms with Crippen LogP contribution in [0.25, 0.3) is 0 Å². The van der Waals surface area contributed by atoms with Gasteiger partial charge in [-0.2, -0.15) is 13.2 Å². The van der Waals surface area contributed by atoms with Crippen molar-refractivity contribution >= 4 is 0 Å². The van der Waals surface area contributed by atoms with Crippen LogP contribution in [-0.2, 0) is 6.18 Å². The zero-order chi connectivity index (χ0) is 13.9. The predicted octanol–water partition coefficient (Wildman–Crippen LogP) is 3.61. The molecule has 0 aliphatic heterocycles. The molecule has 0 spiro atoms. The number of rotatable bonds is 3. The Morgan fingerprint density at radius 2 is 1.95 bits per heavy atom. The highest BCUT2D eigenvalue weighted by Gasteiger charge is 2.36. The van der Waals surface area contributed by atoms with Crippen molar-refractivity contribution in [2.45, 2.75) is 12.1 Å². The molecule has 2 rings (SSSR count). The number of hydrogen-bond acceptors (Lipinski definition) is 2. The first kappa shape index (κ1) is 13.3. The smallest absolute Gasteiger partial charge is 0.265 e. The Balaban J connectivity index is 2.54. The molecule has 1 atom stereocenters. The number of alkyl halides is 3. The van der Waals surface area contributed by atoms with Crippen molar-refractivity contribution in [3.05, 3.63) is 72.3 Å². The van der Waals surface area contributed by atoms with Gasteiger partial charge in [0.2, 0.25) is 0 Å². The molecule has 1 unspecified atom stereocenters. The van der Waals surface area contributed by atoms with E-state index in [1.165, 1.54) is 24.5 Å². The zero-order valence-electron chi connectivity index (χ0n) is 9.85. The fourth-order valence-electron chi connectivity index (χ4n) is 1.86. The summed E-state index contributed by atoms with van der Waals surface area (Å²) in [7, 11) is 0. The molecule has 0 bridgehead atoms. The second-order valence-corrected chi connectivity index (χ2v) is 3.86. The second-order valence-electron chi connectivity index (χ2n) is 3.86. The van der Waals surface area contributed by atoms with Crippen LogP contribution in [0.2, 0.25) is 0 Å². The van der Waals surface area contributed by atoms with E-state index in [1.807, 2.05) is 0 Å². The van der Waals surface area contributed by atoms with Gasteiger partial charge in [0.1, 0.15) is 5.69 Å². The summed E-state index contributed by atoms with van der Waals surface area (Å²) in [6, 6.07) is 7.18. The Labute approximate surface area is 108 Å². The van der Waals surface area contributed by atoms with Gasteiger partial charge in [0.15, 0.2) is 0 Å². The monoisotopic (exact) mass is 263 g/mol. The summed E-state index contributed by atoms with van der Waals surface area (Å²) in [5.41, 5.74) is -0.193. The van der Waals surface area contributed by atoms with Crippen molar-refractivity contribution in [2.24, 2.45) is 0 Å². The van der Waals surface area contributed by atoms with Gasteiger partial charge in [-0.15, -0.1) is 6.58 Å². The Hall–Kier alpha value is -2.17. The summed E-state index contributed by atoms with van der Waals surface area (Å²) in [5, 5.41) is 0. The molecular formula is C14H10F3N2. The van der Waals surface area contributed by atoms with Gasteiger partial charge < -0.3 is 0 Å². The van der Waals surface area contributed by atoms with E-state index in [9.17, 15) is 13.2 Å². The maximum Gasteiger partial charge on any atom is 0.433 e. The van der Waals surface area contributed by atoms with Gasteiger partial charge in [0.25, 0.3) is 0 Å². The Morgan fingerprint density at radius 3 is 2.53 bits per heavy atom. The Bertz CT molecular complexity index is 564. The first-order valence-corrected chi connectivity index (χ1v) is 5.49. The lowest BCUT2D eigenvalue weighted by atomic mass is 9.91. The highest BCUT2D eigenvalue weighted by atomic mass is 19.4. The number of aromatic nitrogens is 2. The average Bonchev–Trinajstić information content (AvgIpc) is 2.40. The van der Waals surface area contributed by atoms with Crippen LogP contribution in [0.3, 0.4) is 0 Å². The molecule has 97 valence electrons. The third-order valence-electron chi connectivity index (χ3n) is 2.68. The number of nitrogens with zero attached hydrogens (tertiary/aromatic N) is 2. The summed E-state index contributed by atoms with van der Waals surface area (Å²) in [4.78, 5) is 7.25. The van der Waals surface area contributed by atoms with Gasteiger partial charge in [-0.05, 0) is 29.3 Å². The van der Waals surface area contributed by atoms with E-state index >= 15 is 0 Å². The van der Waals surface area contributed by atoms with E-state index in [-0.39, 0.29) is 5.56 Å². The molecule has 0 N–H and O–H groups in total. The molecule has 2 heterocycles. The van der Waals surface area contributed by atoms with Gasteiger partial charge in [-0.25, -0.2) is 0 Å². The Kier molecular flexibility index (Phi) is 3.64. The van der Waals surface area contributed by atoms with Crippen molar-refractivity contribution in [3.8, 4) is 0 Å². The van der Waals surface area contributed by atoms with Gasteiger partial charge in [-0.1, -0.05) is 6.08 Å². The molecule has 2 nitrogen and oxygen atoms in total. The summed E-state index contributed by atoms with van der Waals surface area (Å²) < 4.78 is 38.8. The highest BCUT2D eigenvalue weighted by Crippen LogP contribution is 2.36. The van der Waals surface area contributed by atoms with E-state index in [0.29, 0.717) is 5.56 Å². The molecule has 19 heavy (non-hydrogen) atoms. The van der Waals surface area contributed by atoms with Gasteiger partial charge >= 0.3 is 6.18 Å². The van der Waals surface area contributed by atoms with Gasteiger partial charge in [-0.3, -0.25) is 9.97 Å². The van der Waals surface area contributed by atoms with Crippen molar-refractivity contribution in [2.75, 3.05) is 0 Å². The summed E-state index contributed by atoms with van der Waals surface area (Å²) in [6.07, 6.45) is 1.02. The average molecular weight is 263 g/mol. The largest absolute Gasteiger partial charge is 0.433 e. The molecule has 0 aliphatic carbocycles. The molecule has 2 aromatic heterocycles.